The standard InChI is InChI=1S/C19H13FN4O/c20-13-8-4-7-12(9-13)15-14(10-21)18(22)25-19-16(15)17(23-24-19)11-5-2-1-3-6-11/h1-9,15H,22H2,(H,23,24)/t15-/m1/s1. The van der Waals surface area contributed by atoms with Crippen molar-refractivity contribution in [2.75, 3.05) is 0 Å². The molecule has 0 unspecified atom stereocenters. The number of aromatic nitrogens is 2. The van der Waals surface area contributed by atoms with Crippen LogP contribution in [0.4, 0.5) is 4.39 Å². The van der Waals surface area contributed by atoms with E-state index in [1.807, 2.05) is 30.3 Å². The zero-order chi connectivity index (χ0) is 17.4. The minimum Gasteiger partial charge on any atom is -0.420 e. The molecule has 2 aromatic carbocycles. The van der Waals surface area contributed by atoms with Crippen LogP contribution in [-0.4, -0.2) is 10.2 Å². The summed E-state index contributed by atoms with van der Waals surface area (Å²) in [6, 6.07) is 17.8. The van der Waals surface area contributed by atoms with E-state index in [-0.39, 0.29) is 17.3 Å². The van der Waals surface area contributed by atoms with Gasteiger partial charge in [0.2, 0.25) is 11.8 Å². The summed E-state index contributed by atoms with van der Waals surface area (Å²) in [5, 5.41) is 16.7. The van der Waals surface area contributed by atoms with Crippen molar-refractivity contribution in [1.82, 2.24) is 10.2 Å². The molecular formula is C19H13FN4O. The number of nitrogens with one attached hydrogen (secondary N) is 1. The van der Waals surface area contributed by atoms with Gasteiger partial charge in [-0.1, -0.05) is 42.5 Å². The molecule has 1 atom stereocenters. The highest BCUT2D eigenvalue weighted by molar-refractivity contribution is 5.70. The fourth-order valence-electron chi connectivity index (χ4n) is 3.09. The number of nitrogens with zero attached hydrogens (tertiary/aromatic N) is 2. The van der Waals surface area contributed by atoms with Crippen LogP contribution in [0.5, 0.6) is 5.88 Å². The Labute approximate surface area is 143 Å². The van der Waals surface area contributed by atoms with Gasteiger partial charge in [-0.25, -0.2) is 4.39 Å². The summed E-state index contributed by atoms with van der Waals surface area (Å²) in [4.78, 5) is 0. The normalized spacial score (nSPS) is 16.1. The van der Waals surface area contributed by atoms with Crippen LogP contribution in [0.2, 0.25) is 0 Å². The number of halogens is 1. The van der Waals surface area contributed by atoms with E-state index < -0.39 is 5.92 Å². The molecule has 0 spiro atoms. The summed E-state index contributed by atoms with van der Waals surface area (Å²) in [5.41, 5.74) is 9.02. The first kappa shape index (κ1) is 15.0. The average molecular weight is 332 g/mol. The Morgan fingerprint density at radius 3 is 2.68 bits per heavy atom. The maximum atomic E-state index is 13.8. The van der Waals surface area contributed by atoms with Crippen molar-refractivity contribution >= 4 is 0 Å². The second kappa shape index (κ2) is 5.80. The first-order valence-corrected chi connectivity index (χ1v) is 7.65. The molecule has 3 aromatic rings. The molecule has 1 aromatic heterocycles. The number of nitriles is 1. The lowest BCUT2D eigenvalue weighted by Gasteiger charge is -2.24. The molecule has 122 valence electrons. The fourth-order valence-corrected chi connectivity index (χ4v) is 3.09. The first-order valence-electron chi connectivity index (χ1n) is 7.65. The molecule has 0 saturated heterocycles. The number of rotatable bonds is 2. The lowest BCUT2D eigenvalue weighted by Crippen LogP contribution is -2.21. The Balaban J connectivity index is 1.97. The molecule has 0 amide bonds. The number of hydrogen-bond acceptors (Lipinski definition) is 4. The van der Waals surface area contributed by atoms with Crippen molar-refractivity contribution in [3.05, 3.63) is 83.0 Å². The molecule has 4 rings (SSSR count). The predicted octanol–water partition coefficient (Wildman–Crippen LogP) is 3.43. The zero-order valence-corrected chi connectivity index (χ0v) is 13.0. The number of benzene rings is 2. The Bertz CT molecular complexity index is 1020. The van der Waals surface area contributed by atoms with E-state index in [9.17, 15) is 9.65 Å². The van der Waals surface area contributed by atoms with Gasteiger partial charge in [0.15, 0.2) is 0 Å². The molecule has 2 heterocycles. The molecule has 0 aliphatic carbocycles. The maximum absolute atomic E-state index is 13.8. The summed E-state index contributed by atoms with van der Waals surface area (Å²) in [6.07, 6.45) is 0. The van der Waals surface area contributed by atoms with Crippen LogP contribution < -0.4 is 10.5 Å². The topological polar surface area (TPSA) is 87.7 Å². The highest BCUT2D eigenvalue weighted by atomic mass is 19.1. The van der Waals surface area contributed by atoms with E-state index in [1.165, 1.54) is 12.1 Å². The van der Waals surface area contributed by atoms with Crippen molar-refractivity contribution in [3.8, 4) is 23.2 Å². The third-order valence-corrected chi connectivity index (χ3v) is 4.18. The summed E-state index contributed by atoms with van der Waals surface area (Å²) in [5.74, 6) is -0.662. The van der Waals surface area contributed by atoms with Crippen molar-refractivity contribution in [1.29, 1.82) is 5.26 Å². The molecule has 5 nitrogen and oxygen atoms in total. The van der Waals surface area contributed by atoms with Gasteiger partial charge in [0.1, 0.15) is 17.5 Å². The lowest BCUT2D eigenvalue weighted by atomic mass is 9.83. The Hall–Kier alpha value is -3.59. The van der Waals surface area contributed by atoms with Gasteiger partial charge in [-0.05, 0) is 23.3 Å². The summed E-state index contributed by atoms with van der Waals surface area (Å²) in [7, 11) is 0. The van der Waals surface area contributed by atoms with Crippen molar-refractivity contribution in [2.45, 2.75) is 5.92 Å². The van der Waals surface area contributed by atoms with Crippen LogP contribution in [0.25, 0.3) is 11.3 Å². The maximum Gasteiger partial charge on any atom is 0.244 e. The average Bonchev–Trinajstić information content (AvgIpc) is 3.04. The van der Waals surface area contributed by atoms with E-state index in [2.05, 4.69) is 16.3 Å². The highest BCUT2D eigenvalue weighted by Gasteiger charge is 2.35. The van der Waals surface area contributed by atoms with Crippen LogP contribution >= 0.6 is 0 Å². The highest BCUT2D eigenvalue weighted by Crippen LogP contribution is 2.45. The van der Waals surface area contributed by atoms with Gasteiger partial charge >= 0.3 is 0 Å². The van der Waals surface area contributed by atoms with Gasteiger partial charge in [0, 0.05) is 0 Å². The smallest absolute Gasteiger partial charge is 0.244 e. The van der Waals surface area contributed by atoms with Gasteiger partial charge < -0.3 is 10.5 Å². The summed E-state index contributed by atoms with van der Waals surface area (Å²) >= 11 is 0. The van der Waals surface area contributed by atoms with Crippen molar-refractivity contribution in [3.63, 3.8) is 0 Å². The Morgan fingerprint density at radius 1 is 1.16 bits per heavy atom. The van der Waals surface area contributed by atoms with Crippen molar-refractivity contribution < 1.29 is 9.13 Å². The van der Waals surface area contributed by atoms with E-state index in [4.69, 9.17) is 10.5 Å². The van der Waals surface area contributed by atoms with Gasteiger partial charge in [-0.15, -0.1) is 5.10 Å². The summed E-state index contributed by atoms with van der Waals surface area (Å²) < 4.78 is 19.3. The molecule has 0 saturated carbocycles. The number of H-pyrrole nitrogens is 1. The van der Waals surface area contributed by atoms with Crippen LogP contribution in [0.3, 0.4) is 0 Å². The monoisotopic (exact) mass is 332 g/mol. The Morgan fingerprint density at radius 2 is 1.96 bits per heavy atom. The Kier molecular flexibility index (Phi) is 3.47. The fraction of sp³-hybridized carbons (Fsp3) is 0.0526. The molecular weight excluding hydrogens is 319 g/mol. The molecule has 6 heteroatoms. The molecule has 3 N–H and O–H groups in total. The number of aromatic amines is 1. The predicted molar refractivity (Wildman–Crippen MR) is 89.7 cm³/mol. The second-order valence-corrected chi connectivity index (χ2v) is 5.66. The quantitative estimate of drug-likeness (QED) is 0.752. The minimum absolute atomic E-state index is 0.0182. The van der Waals surface area contributed by atoms with Crippen molar-refractivity contribution in [2.24, 2.45) is 5.73 Å². The molecule has 25 heavy (non-hydrogen) atoms. The molecule has 0 fully saturated rings. The minimum atomic E-state index is -0.557. The van der Waals surface area contributed by atoms with E-state index in [0.717, 1.165) is 5.56 Å². The van der Waals surface area contributed by atoms with Crippen LogP contribution in [-0.2, 0) is 0 Å². The largest absolute Gasteiger partial charge is 0.420 e. The lowest BCUT2D eigenvalue weighted by molar-refractivity contribution is 0.379. The number of ether oxygens (including phenoxy) is 1. The molecule has 0 bridgehead atoms. The van der Waals surface area contributed by atoms with Gasteiger partial charge in [-0.2, -0.15) is 5.26 Å². The first-order chi connectivity index (χ1) is 12.2. The van der Waals surface area contributed by atoms with Crippen LogP contribution in [0.15, 0.2) is 66.1 Å². The molecule has 1 aliphatic rings. The van der Waals surface area contributed by atoms with E-state index in [1.54, 1.807) is 12.1 Å². The SMILES string of the molecule is N#CC1=C(N)Oc2n[nH]c(-c3ccccc3)c2[C@@H]1c1cccc(F)c1. The molecule has 0 radical (unpaired) electrons. The zero-order valence-electron chi connectivity index (χ0n) is 13.0. The van der Waals surface area contributed by atoms with Gasteiger partial charge in [-0.3, -0.25) is 5.10 Å². The third-order valence-electron chi connectivity index (χ3n) is 4.18. The van der Waals surface area contributed by atoms with Crippen LogP contribution in [0, 0.1) is 17.1 Å². The number of nitrogens with two attached hydrogens (primary N) is 1. The van der Waals surface area contributed by atoms with E-state index in [0.29, 0.717) is 22.7 Å². The van der Waals surface area contributed by atoms with Gasteiger partial charge in [0.05, 0.1) is 17.2 Å². The molecule has 1 aliphatic heterocycles. The van der Waals surface area contributed by atoms with E-state index >= 15 is 0 Å². The van der Waals surface area contributed by atoms with Gasteiger partial charge in [0.25, 0.3) is 0 Å². The third kappa shape index (κ3) is 2.42. The van der Waals surface area contributed by atoms with Crippen LogP contribution in [0.1, 0.15) is 17.0 Å². The number of fused-ring (bicyclic) bond motifs is 1. The second-order valence-electron chi connectivity index (χ2n) is 5.66. The number of allylic oxidation sites excluding steroid dienone is 1. The number of hydrogen-bond donors (Lipinski definition) is 2. The summed E-state index contributed by atoms with van der Waals surface area (Å²) in [6.45, 7) is 0.